The molecule has 0 rings (SSSR count). The molecule has 3 nitrogen and oxygen atoms in total. The third kappa shape index (κ3) is 3.26. The Labute approximate surface area is 146 Å². The molecule has 0 aromatic rings. The van der Waals surface area contributed by atoms with Crippen LogP contribution in [-0.2, 0) is 10.1 Å². The molecule has 0 saturated carbocycles. The molecule has 0 heterocycles. The number of hydrogen-bond donors (Lipinski definition) is 0. The second-order valence-electron chi connectivity index (χ2n) is 4.94. The summed E-state index contributed by atoms with van der Waals surface area (Å²) in [7, 11) is -8.81. The molecule has 0 aromatic heterocycles. The Hall–Kier alpha value is -1.28. The van der Waals surface area contributed by atoms with E-state index in [1.165, 1.54) is 0 Å². The first-order valence-electron chi connectivity index (χ1n) is 5.67. The quantitative estimate of drug-likeness (QED) is 0.417. The van der Waals surface area contributed by atoms with E-state index in [0.717, 1.165) is 0 Å². The summed E-state index contributed by atoms with van der Waals surface area (Å²) in [5, 5.41) is -8.79. The lowest BCUT2D eigenvalue weighted by Gasteiger charge is -2.52. The number of halogens is 17. The first-order valence-corrected chi connectivity index (χ1v) is 7.08. The largest absolute Gasteiger partial charge is 0.743 e. The van der Waals surface area contributed by atoms with E-state index in [1.807, 2.05) is 0 Å². The average molecular weight is 499 g/mol. The summed E-state index contributed by atoms with van der Waals surface area (Å²) in [6.45, 7) is 0. The van der Waals surface area contributed by atoms with Crippen LogP contribution in [-0.4, -0.2) is 54.5 Å². The third-order valence-electron chi connectivity index (χ3n) is 3.30. The third-order valence-corrected chi connectivity index (χ3v) is 4.21. The van der Waals surface area contributed by atoms with E-state index in [-0.39, 0.29) is 0 Å². The van der Waals surface area contributed by atoms with Gasteiger partial charge in [0.25, 0.3) is 5.67 Å². The molecule has 0 saturated heterocycles. The monoisotopic (exact) mass is 499 g/mol. The molecular formula is C8F17O3S-. The molecule has 0 aromatic carbocycles. The molecule has 0 amide bonds. The summed E-state index contributed by atoms with van der Waals surface area (Å²) in [5.41, 5.74) is -19.0. The molecule has 0 fully saturated rings. The minimum atomic E-state index is -9.54. The second kappa shape index (κ2) is 6.36. The molecule has 21 heteroatoms. The summed E-state index contributed by atoms with van der Waals surface area (Å²) in [6.07, 6.45) is -35.0. The Morgan fingerprint density at radius 1 is 0.483 bits per heavy atom. The first-order chi connectivity index (χ1) is 12.0. The van der Waals surface area contributed by atoms with Gasteiger partial charge in [0, 0.05) is 0 Å². The number of hydrogen-bond acceptors (Lipinski definition) is 3. The molecule has 0 bridgehead atoms. The Kier molecular flexibility index (Phi) is 6.08. The Morgan fingerprint density at radius 2 is 0.724 bits per heavy atom. The smallest absolute Gasteiger partial charge is 0.457 e. The van der Waals surface area contributed by atoms with Crippen LogP contribution in [0.3, 0.4) is 0 Å². The molecule has 0 aliphatic rings. The van der Waals surface area contributed by atoms with E-state index in [1.54, 1.807) is 0 Å². The van der Waals surface area contributed by atoms with Crippen molar-refractivity contribution in [2.24, 2.45) is 5.41 Å². The fraction of sp³-hybridized carbons (Fsp3) is 1.00. The topological polar surface area (TPSA) is 57.2 Å². The zero-order valence-electron chi connectivity index (χ0n) is 12.1. The average Bonchev–Trinajstić information content (AvgIpc) is 2.29. The standard InChI is InChI=1S/C8HF17O3S/c9-2(3(10,11)7(21,22)23,8(24,25)29(26,27)28)1(4(12,13)14,5(15,16)17)6(18,19)20/h(H,26,27,28)/p-1. The van der Waals surface area contributed by atoms with Crippen molar-refractivity contribution in [3.8, 4) is 0 Å². The summed E-state index contributed by atoms with van der Waals surface area (Å²) in [4.78, 5) is 0. The van der Waals surface area contributed by atoms with Crippen LogP contribution in [0.4, 0.5) is 74.6 Å². The van der Waals surface area contributed by atoms with Gasteiger partial charge in [-0.3, -0.25) is 0 Å². The van der Waals surface area contributed by atoms with Crippen LogP contribution >= 0.6 is 0 Å². The predicted octanol–water partition coefficient (Wildman–Crippen LogP) is 4.70. The van der Waals surface area contributed by atoms with Crippen LogP contribution in [0, 0.1) is 5.41 Å². The van der Waals surface area contributed by atoms with Crippen molar-refractivity contribution in [3.05, 3.63) is 0 Å². The van der Waals surface area contributed by atoms with Gasteiger partial charge in [0.2, 0.25) is 0 Å². The van der Waals surface area contributed by atoms with Crippen molar-refractivity contribution in [2.45, 2.75) is 41.6 Å². The molecule has 0 aliphatic heterocycles. The summed E-state index contributed by atoms with van der Waals surface area (Å²) < 4.78 is 249. The fourth-order valence-corrected chi connectivity index (χ4v) is 2.70. The fourth-order valence-electron chi connectivity index (χ4n) is 2.07. The molecule has 176 valence electrons. The lowest BCUT2D eigenvalue weighted by molar-refractivity contribution is -0.505. The van der Waals surface area contributed by atoms with E-state index >= 15 is 0 Å². The van der Waals surface area contributed by atoms with Crippen LogP contribution < -0.4 is 0 Å². The maximum absolute atomic E-state index is 14.2. The maximum atomic E-state index is 14.2. The van der Waals surface area contributed by atoms with Gasteiger partial charge in [0.1, 0.15) is 0 Å². The molecule has 1 unspecified atom stereocenters. The van der Waals surface area contributed by atoms with Gasteiger partial charge in [-0.05, 0) is 0 Å². The molecule has 29 heavy (non-hydrogen) atoms. The highest BCUT2D eigenvalue weighted by Crippen LogP contribution is 2.74. The van der Waals surface area contributed by atoms with Gasteiger partial charge in [-0.2, -0.15) is 70.2 Å². The van der Waals surface area contributed by atoms with Gasteiger partial charge in [0.05, 0.1) is 0 Å². The van der Waals surface area contributed by atoms with Crippen molar-refractivity contribution >= 4 is 10.1 Å². The number of alkyl halides is 17. The first kappa shape index (κ1) is 27.7. The predicted molar refractivity (Wildman–Crippen MR) is 50.1 cm³/mol. The van der Waals surface area contributed by atoms with E-state index in [0.29, 0.717) is 0 Å². The van der Waals surface area contributed by atoms with Gasteiger partial charge >= 0.3 is 41.3 Å². The van der Waals surface area contributed by atoms with E-state index < -0.39 is 57.1 Å². The van der Waals surface area contributed by atoms with Crippen molar-refractivity contribution in [2.75, 3.05) is 0 Å². The van der Waals surface area contributed by atoms with E-state index in [4.69, 9.17) is 0 Å². The summed E-state index contributed by atoms with van der Waals surface area (Å²) in [6, 6.07) is 0. The molecule has 0 radical (unpaired) electrons. The highest BCUT2D eigenvalue weighted by Gasteiger charge is 3.04. The van der Waals surface area contributed by atoms with Gasteiger partial charge < -0.3 is 4.55 Å². The molecule has 1 atom stereocenters. The summed E-state index contributed by atoms with van der Waals surface area (Å²) in [5.74, 6) is -9.07. The minimum Gasteiger partial charge on any atom is -0.743 e. The molecule has 0 aliphatic carbocycles. The molecular weight excluding hydrogens is 499 g/mol. The Balaban J connectivity index is 8.37. The Morgan fingerprint density at radius 3 is 0.862 bits per heavy atom. The second-order valence-corrected chi connectivity index (χ2v) is 6.37. The van der Waals surface area contributed by atoms with Gasteiger partial charge in [-0.1, -0.05) is 0 Å². The summed E-state index contributed by atoms with van der Waals surface area (Å²) >= 11 is 0. The van der Waals surface area contributed by atoms with Crippen molar-refractivity contribution in [1.82, 2.24) is 0 Å². The van der Waals surface area contributed by atoms with Gasteiger partial charge in [-0.25, -0.2) is 12.8 Å². The van der Waals surface area contributed by atoms with Crippen LogP contribution in [0.2, 0.25) is 0 Å². The minimum absolute atomic E-state index is 8.43. The van der Waals surface area contributed by atoms with E-state index in [2.05, 4.69) is 0 Å². The van der Waals surface area contributed by atoms with Crippen LogP contribution in [0.1, 0.15) is 0 Å². The highest BCUT2D eigenvalue weighted by atomic mass is 32.2. The van der Waals surface area contributed by atoms with Crippen molar-refractivity contribution < 1.29 is 87.6 Å². The van der Waals surface area contributed by atoms with Gasteiger partial charge in [0.15, 0.2) is 10.1 Å². The maximum Gasteiger partial charge on any atom is 0.457 e. The van der Waals surface area contributed by atoms with Crippen LogP contribution in [0.25, 0.3) is 0 Å². The number of rotatable bonds is 4. The SMILES string of the molecule is O=S(=O)([O-])C(F)(F)C(F)(C(F)(F)C(F)(F)F)C(C(F)(F)F)(C(F)(F)F)C(F)(F)F. The van der Waals surface area contributed by atoms with Crippen LogP contribution in [0.5, 0.6) is 0 Å². The zero-order chi connectivity index (χ0) is 24.5. The molecule has 0 spiro atoms. The van der Waals surface area contributed by atoms with Crippen LogP contribution in [0.15, 0.2) is 0 Å². The Bertz CT molecular complexity index is 686. The molecule has 0 N–H and O–H groups in total. The lowest BCUT2D eigenvalue weighted by Crippen LogP contribution is -2.82. The normalized spacial score (nSPS) is 18.6. The lowest BCUT2D eigenvalue weighted by atomic mass is 9.66. The highest BCUT2D eigenvalue weighted by molar-refractivity contribution is 7.86. The van der Waals surface area contributed by atoms with Gasteiger partial charge in [-0.15, -0.1) is 0 Å². The van der Waals surface area contributed by atoms with Crippen molar-refractivity contribution in [3.63, 3.8) is 0 Å². The van der Waals surface area contributed by atoms with Crippen molar-refractivity contribution in [1.29, 1.82) is 0 Å². The van der Waals surface area contributed by atoms with E-state index in [9.17, 15) is 87.6 Å². The zero-order valence-corrected chi connectivity index (χ0v) is 12.9.